The van der Waals surface area contributed by atoms with Gasteiger partial charge >= 0.3 is 12.1 Å². The third-order valence-electron chi connectivity index (χ3n) is 5.27. The smallest absolute Gasteiger partial charge is 0.475 e. The van der Waals surface area contributed by atoms with Gasteiger partial charge in [-0.05, 0) is 37.9 Å². The lowest BCUT2D eigenvalue weighted by atomic mass is 9.79. The van der Waals surface area contributed by atoms with Crippen LogP contribution in [0.2, 0.25) is 0 Å². The third kappa shape index (κ3) is 5.68. The number of carboxylic acids is 1. The Hall–Kier alpha value is -2.69. The van der Waals surface area contributed by atoms with Crippen LogP contribution in [0, 0.1) is 11.2 Å². The van der Waals surface area contributed by atoms with Crippen molar-refractivity contribution in [3.05, 3.63) is 42.4 Å². The maximum absolute atomic E-state index is 13.0. The first-order valence-electron chi connectivity index (χ1n) is 9.44. The molecule has 0 bridgehead atoms. The predicted molar refractivity (Wildman–Crippen MR) is 98.2 cm³/mol. The molecule has 0 radical (unpaired) electrons. The zero-order valence-electron chi connectivity index (χ0n) is 16.1. The van der Waals surface area contributed by atoms with Crippen LogP contribution in [0.1, 0.15) is 25.0 Å². The molecule has 11 heteroatoms. The molecule has 1 unspecified atom stereocenters. The number of anilines is 1. The van der Waals surface area contributed by atoms with Crippen molar-refractivity contribution in [3.8, 4) is 0 Å². The highest BCUT2D eigenvalue weighted by atomic mass is 19.4. The standard InChI is InChI=1S/C17H21FN4O.C2HF3O2/c18-14-9-19-16(20-10-14)22-6-2-4-17(13-22)5-7-21(12-17)11-15-3-1-8-23-15;3-2(4,5)1(6)7/h1,3,8-10H,2,4-7,11-13H2;(H,6,7). The van der Waals surface area contributed by atoms with Gasteiger partial charge in [-0.2, -0.15) is 13.2 Å². The van der Waals surface area contributed by atoms with E-state index in [1.165, 1.54) is 25.2 Å². The van der Waals surface area contributed by atoms with Crippen LogP contribution in [-0.2, 0) is 11.3 Å². The molecule has 0 saturated carbocycles. The van der Waals surface area contributed by atoms with E-state index in [4.69, 9.17) is 14.3 Å². The largest absolute Gasteiger partial charge is 0.490 e. The molecule has 2 aromatic rings. The van der Waals surface area contributed by atoms with Crippen molar-refractivity contribution in [1.82, 2.24) is 14.9 Å². The summed E-state index contributed by atoms with van der Waals surface area (Å²) < 4.78 is 50.2. The Bertz CT molecular complexity index is 829. The van der Waals surface area contributed by atoms with E-state index in [2.05, 4.69) is 19.8 Å². The highest BCUT2D eigenvalue weighted by Gasteiger charge is 2.42. The molecule has 2 aliphatic rings. The van der Waals surface area contributed by atoms with Gasteiger partial charge in [0.2, 0.25) is 5.95 Å². The highest BCUT2D eigenvalue weighted by Crippen LogP contribution is 2.40. The molecule has 2 aromatic heterocycles. The van der Waals surface area contributed by atoms with Crippen LogP contribution >= 0.6 is 0 Å². The Kier molecular flexibility index (Phi) is 6.59. The molecule has 0 aromatic carbocycles. The molecule has 1 N–H and O–H groups in total. The van der Waals surface area contributed by atoms with Gasteiger partial charge in [-0.1, -0.05) is 0 Å². The fraction of sp³-hybridized carbons (Fsp3) is 0.526. The van der Waals surface area contributed by atoms with Crippen molar-refractivity contribution in [2.24, 2.45) is 5.41 Å². The Morgan fingerprint density at radius 2 is 1.90 bits per heavy atom. The second-order valence-electron chi connectivity index (χ2n) is 7.57. The number of halogens is 4. The van der Waals surface area contributed by atoms with Gasteiger partial charge in [0.15, 0.2) is 5.82 Å². The SMILES string of the molecule is Fc1cnc(N2CCCC3(CCN(Cc4ccco4)C3)C2)nc1.O=C(O)C(F)(F)F. The second-order valence-corrected chi connectivity index (χ2v) is 7.57. The number of carboxylic acid groups (broad SMARTS) is 1. The van der Waals surface area contributed by atoms with E-state index >= 15 is 0 Å². The average molecular weight is 430 g/mol. The van der Waals surface area contributed by atoms with Gasteiger partial charge in [-0.15, -0.1) is 0 Å². The number of aliphatic carboxylic acids is 1. The molecule has 1 atom stereocenters. The number of hydrogen-bond donors (Lipinski definition) is 1. The minimum atomic E-state index is -5.08. The number of carbonyl (C=O) groups is 1. The predicted octanol–water partition coefficient (Wildman–Crippen LogP) is 3.33. The van der Waals surface area contributed by atoms with Gasteiger partial charge in [0.1, 0.15) is 5.76 Å². The van der Waals surface area contributed by atoms with E-state index in [9.17, 15) is 17.6 Å². The van der Waals surface area contributed by atoms with Crippen molar-refractivity contribution in [3.63, 3.8) is 0 Å². The molecule has 2 aliphatic heterocycles. The van der Waals surface area contributed by atoms with Crippen molar-refractivity contribution >= 4 is 11.9 Å². The van der Waals surface area contributed by atoms with E-state index in [1.54, 1.807) is 6.26 Å². The molecule has 2 fully saturated rings. The van der Waals surface area contributed by atoms with Gasteiger partial charge in [0.25, 0.3) is 0 Å². The van der Waals surface area contributed by atoms with E-state index in [0.717, 1.165) is 44.9 Å². The normalized spacial score (nSPS) is 22.1. The lowest BCUT2D eigenvalue weighted by molar-refractivity contribution is -0.192. The molecule has 30 heavy (non-hydrogen) atoms. The maximum Gasteiger partial charge on any atom is 0.490 e. The van der Waals surface area contributed by atoms with Crippen LogP contribution in [0.5, 0.6) is 0 Å². The number of rotatable bonds is 3. The summed E-state index contributed by atoms with van der Waals surface area (Å²) >= 11 is 0. The van der Waals surface area contributed by atoms with Gasteiger partial charge in [-0.3, -0.25) is 4.90 Å². The van der Waals surface area contributed by atoms with Crippen LogP contribution in [-0.4, -0.2) is 58.3 Å². The minimum absolute atomic E-state index is 0.294. The molecule has 0 amide bonds. The molecule has 2 saturated heterocycles. The first kappa shape index (κ1) is 22.0. The van der Waals surface area contributed by atoms with E-state index in [0.29, 0.717) is 11.4 Å². The van der Waals surface area contributed by atoms with Crippen molar-refractivity contribution < 1.29 is 31.9 Å². The highest BCUT2D eigenvalue weighted by molar-refractivity contribution is 5.73. The lowest BCUT2D eigenvalue weighted by Crippen LogP contribution is -2.45. The van der Waals surface area contributed by atoms with E-state index in [-0.39, 0.29) is 5.82 Å². The third-order valence-corrected chi connectivity index (χ3v) is 5.27. The van der Waals surface area contributed by atoms with Crippen LogP contribution in [0.3, 0.4) is 0 Å². The number of furan rings is 1. The van der Waals surface area contributed by atoms with Crippen LogP contribution in [0.15, 0.2) is 35.2 Å². The van der Waals surface area contributed by atoms with Gasteiger partial charge < -0.3 is 14.4 Å². The summed E-state index contributed by atoms with van der Waals surface area (Å²) in [6.07, 6.45) is 2.71. The number of likely N-dealkylation sites (tertiary alicyclic amines) is 1. The topological polar surface area (TPSA) is 82.7 Å². The molecular weight excluding hydrogens is 408 g/mol. The first-order valence-corrected chi connectivity index (χ1v) is 9.44. The summed E-state index contributed by atoms with van der Waals surface area (Å²) in [6.45, 7) is 4.95. The van der Waals surface area contributed by atoms with E-state index < -0.39 is 12.1 Å². The molecule has 4 heterocycles. The summed E-state index contributed by atoms with van der Waals surface area (Å²) in [5.41, 5.74) is 0.294. The van der Waals surface area contributed by atoms with Gasteiger partial charge in [0.05, 0.1) is 25.2 Å². The summed E-state index contributed by atoms with van der Waals surface area (Å²) in [6, 6.07) is 3.97. The lowest BCUT2D eigenvalue weighted by Gasteiger charge is -2.40. The zero-order chi connectivity index (χ0) is 21.8. The summed E-state index contributed by atoms with van der Waals surface area (Å²) in [7, 11) is 0. The summed E-state index contributed by atoms with van der Waals surface area (Å²) in [5, 5.41) is 7.12. The molecule has 164 valence electrons. The fourth-order valence-electron chi connectivity index (χ4n) is 3.97. The average Bonchev–Trinajstić information content (AvgIpc) is 3.33. The van der Waals surface area contributed by atoms with Gasteiger partial charge in [-0.25, -0.2) is 19.2 Å². The van der Waals surface area contributed by atoms with Gasteiger partial charge in [0, 0.05) is 25.0 Å². The van der Waals surface area contributed by atoms with Crippen LogP contribution in [0.25, 0.3) is 0 Å². The molecule has 0 aliphatic carbocycles. The van der Waals surface area contributed by atoms with Crippen LogP contribution in [0.4, 0.5) is 23.5 Å². The Morgan fingerprint density at radius 1 is 1.20 bits per heavy atom. The molecule has 7 nitrogen and oxygen atoms in total. The number of hydrogen-bond acceptors (Lipinski definition) is 6. The second kappa shape index (κ2) is 8.99. The number of piperidine rings is 1. The van der Waals surface area contributed by atoms with Crippen molar-refractivity contribution in [2.75, 3.05) is 31.1 Å². The van der Waals surface area contributed by atoms with E-state index in [1.807, 2.05) is 12.1 Å². The Labute approximate surface area is 170 Å². The Morgan fingerprint density at radius 3 is 2.50 bits per heavy atom. The quantitative estimate of drug-likeness (QED) is 0.748. The van der Waals surface area contributed by atoms with Crippen molar-refractivity contribution in [1.29, 1.82) is 0 Å². The maximum atomic E-state index is 13.0. The first-order chi connectivity index (χ1) is 14.2. The monoisotopic (exact) mass is 430 g/mol. The summed E-state index contributed by atoms with van der Waals surface area (Å²) in [5.74, 6) is -1.47. The van der Waals surface area contributed by atoms with Crippen LogP contribution < -0.4 is 4.90 Å². The molecule has 1 spiro atoms. The summed E-state index contributed by atoms with van der Waals surface area (Å²) in [4.78, 5) is 21.9. The Balaban J connectivity index is 0.000000318. The molecular formula is C19H22F4N4O3. The fourth-order valence-corrected chi connectivity index (χ4v) is 3.97. The number of aromatic nitrogens is 2. The number of alkyl halides is 3. The number of nitrogens with zero attached hydrogens (tertiary/aromatic N) is 4. The zero-order valence-corrected chi connectivity index (χ0v) is 16.1. The van der Waals surface area contributed by atoms with Crippen molar-refractivity contribution in [2.45, 2.75) is 32.0 Å². The minimum Gasteiger partial charge on any atom is -0.475 e. The molecule has 4 rings (SSSR count).